The maximum Gasteiger partial charge on any atom is 0.416 e. The van der Waals surface area contributed by atoms with Crippen molar-refractivity contribution in [2.75, 3.05) is 5.32 Å². The third-order valence-corrected chi connectivity index (χ3v) is 7.52. The Hall–Kier alpha value is -4.96. The minimum Gasteiger partial charge on any atom is -0.342 e. The summed E-state index contributed by atoms with van der Waals surface area (Å²) in [6.07, 6.45) is -0.821. The van der Waals surface area contributed by atoms with E-state index in [-0.39, 0.29) is 18.0 Å². The highest BCUT2D eigenvalue weighted by atomic mass is 32.1. The lowest BCUT2D eigenvalue weighted by Crippen LogP contribution is -2.19. The van der Waals surface area contributed by atoms with Crippen molar-refractivity contribution in [2.45, 2.75) is 19.1 Å². The maximum atomic E-state index is 13.0. The van der Waals surface area contributed by atoms with Crippen molar-refractivity contribution in [3.05, 3.63) is 125 Å². The van der Waals surface area contributed by atoms with E-state index in [0.717, 1.165) is 28.6 Å². The van der Waals surface area contributed by atoms with Gasteiger partial charge in [-0.1, -0.05) is 60.7 Å². The molecule has 10 heteroatoms. The van der Waals surface area contributed by atoms with Gasteiger partial charge in [0.25, 0.3) is 0 Å². The van der Waals surface area contributed by atoms with Crippen LogP contribution in [0.15, 0.2) is 108 Å². The van der Waals surface area contributed by atoms with E-state index in [1.807, 2.05) is 36.5 Å². The molecular weight excluding hydrogens is 559 g/mol. The van der Waals surface area contributed by atoms with Gasteiger partial charge in [0, 0.05) is 40.3 Å². The largest absolute Gasteiger partial charge is 0.416 e. The first-order chi connectivity index (χ1) is 20.3. The van der Waals surface area contributed by atoms with Crippen LogP contribution in [-0.4, -0.2) is 21.7 Å². The van der Waals surface area contributed by atoms with Crippen LogP contribution >= 0.6 is 11.3 Å². The third kappa shape index (κ3) is 6.18. The normalized spacial score (nSPS) is 11.9. The van der Waals surface area contributed by atoms with E-state index in [2.05, 4.69) is 61.8 Å². The Balaban J connectivity index is 1.10. The minimum absolute atomic E-state index is 0.0260. The average molecular weight is 584 g/mol. The number of hydrogen-bond acceptors (Lipinski definition) is 5. The van der Waals surface area contributed by atoms with Gasteiger partial charge < -0.3 is 9.88 Å². The molecule has 2 N–H and O–H groups in total. The van der Waals surface area contributed by atoms with Gasteiger partial charge in [-0.3, -0.25) is 4.79 Å². The van der Waals surface area contributed by atoms with Crippen LogP contribution in [0, 0.1) is 0 Å². The molecule has 0 saturated heterocycles. The Morgan fingerprint density at radius 1 is 0.952 bits per heavy atom. The molecule has 0 atom stereocenters. The number of thiazole rings is 1. The lowest BCUT2D eigenvalue weighted by atomic mass is 10.1. The zero-order chi connectivity index (χ0) is 29.1. The molecule has 0 radical (unpaired) electrons. The number of para-hydroxylation sites is 1. The van der Waals surface area contributed by atoms with E-state index in [0.29, 0.717) is 17.4 Å². The molecule has 210 valence electrons. The Morgan fingerprint density at radius 2 is 1.76 bits per heavy atom. The monoisotopic (exact) mass is 583 g/mol. The highest BCUT2D eigenvalue weighted by Crippen LogP contribution is 2.32. The van der Waals surface area contributed by atoms with Crippen LogP contribution in [0.3, 0.4) is 0 Å². The molecule has 6 nitrogen and oxygen atoms in total. The summed E-state index contributed by atoms with van der Waals surface area (Å²) in [5.74, 6) is -0.359. The number of hydrazone groups is 1. The molecule has 0 aliphatic heterocycles. The molecule has 0 saturated carbocycles. The van der Waals surface area contributed by atoms with Crippen molar-refractivity contribution in [2.24, 2.45) is 5.10 Å². The number of nitrogens with zero attached hydrogens (tertiary/aromatic N) is 3. The van der Waals surface area contributed by atoms with Crippen molar-refractivity contribution < 1.29 is 18.0 Å². The van der Waals surface area contributed by atoms with E-state index < -0.39 is 11.7 Å². The molecule has 0 bridgehead atoms. The second kappa shape index (κ2) is 11.5. The second-order valence-corrected chi connectivity index (χ2v) is 10.6. The number of nitrogens with one attached hydrogen (secondary N) is 2. The SMILES string of the molecule is O=C(Cc1csc(Nc2cccc(C(F)(F)F)c2)n1)N/N=C\c1cn(Cc2ccc3ccccc3c2)c2ccccc12. The quantitative estimate of drug-likeness (QED) is 0.142. The zero-order valence-corrected chi connectivity index (χ0v) is 22.9. The lowest BCUT2D eigenvalue weighted by molar-refractivity contribution is -0.137. The summed E-state index contributed by atoms with van der Waals surface area (Å²) in [5.41, 5.74) is 5.64. The first-order valence-electron chi connectivity index (χ1n) is 13.1. The molecule has 4 aromatic carbocycles. The smallest absolute Gasteiger partial charge is 0.342 e. The van der Waals surface area contributed by atoms with Crippen LogP contribution in [0.2, 0.25) is 0 Å². The molecule has 0 aliphatic rings. The van der Waals surface area contributed by atoms with Gasteiger partial charge in [0.15, 0.2) is 5.13 Å². The van der Waals surface area contributed by atoms with Crippen molar-refractivity contribution in [1.29, 1.82) is 0 Å². The van der Waals surface area contributed by atoms with E-state index >= 15 is 0 Å². The molecule has 42 heavy (non-hydrogen) atoms. The fraction of sp³-hybridized carbons (Fsp3) is 0.0938. The van der Waals surface area contributed by atoms with E-state index in [1.54, 1.807) is 11.6 Å². The molecule has 0 spiro atoms. The topological polar surface area (TPSA) is 71.3 Å². The van der Waals surface area contributed by atoms with E-state index in [9.17, 15) is 18.0 Å². The molecule has 0 aliphatic carbocycles. The first kappa shape index (κ1) is 27.2. The Bertz CT molecular complexity index is 1920. The van der Waals surface area contributed by atoms with Crippen molar-refractivity contribution in [3.8, 4) is 0 Å². The summed E-state index contributed by atoms with van der Waals surface area (Å²) in [4.78, 5) is 16.8. The summed E-state index contributed by atoms with van der Waals surface area (Å²) in [6.45, 7) is 0.687. The number of anilines is 2. The molecular formula is C32H24F3N5OS. The average Bonchev–Trinajstić information content (AvgIpc) is 3.56. The summed E-state index contributed by atoms with van der Waals surface area (Å²) in [7, 11) is 0. The van der Waals surface area contributed by atoms with Crippen molar-refractivity contribution in [3.63, 3.8) is 0 Å². The summed E-state index contributed by atoms with van der Waals surface area (Å²) >= 11 is 1.20. The number of aromatic nitrogens is 2. The summed E-state index contributed by atoms with van der Waals surface area (Å²) in [6, 6.07) is 27.6. The summed E-state index contributed by atoms with van der Waals surface area (Å²) in [5, 5.41) is 12.5. The van der Waals surface area contributed by atoms with Crippen molar-refractivity contribution >= 4 is 56.0 Å². The van der Waals surface area contributed by atoms with Crippen LogP contribution in [-0.2, 0) is 23.9 Å². The van der Waals surface area contributed by atoms with Gasteiger partial charge in [0.2, 0.25) is 5.91 Å². The number of carbonyl (C=O) groups excluding carboxylic acids is 1. The number of carbonyl (C=O) groups is 1. The highest BCUT2D eigenvalue weighted by Gasteiger charge is 2.30. The van der Waals surface area contributed by atoms with Gasteiger partial charge in [0.1, 0.15) is 0 Å². The standard InChI is InChI=1S/C32H24F3N5OS/c33-32(34,35)25-8-5-9-26(15-25)37-31-38-27(20-42-31)16-30(41)39-36-17-24-19-40(29-11-4-3-10-28(24)29)18-21-12-13-22-6-1-2-7-23(22)14-21/h1-15,17,19-20H,16,18H2,(H,37,38)(H,39,41)/b36-17-. The van der Waals surface area contributed by atoms with Gasteiger partial charge >= 0.3 is 6.18 Å². The number of fused-ring (bicyclic) bond motifs is 2. The van der Waals surface area contributed by atoms with Crippen LogP contribution in [0.4, 0.5) is 24.0 Å². The number of alkyl halides is 3. The molecule has 2 heterocycles. The molecule has 6 rings (SSSR count). The predicted octanol–water partition coefficient (Wildman–Crippen LogP) is 7.75. The number of halogens is 3. The van der Waals surface area contributed by atoms with Gasteiger partial charge in [-0.2, -0.15) is 18.3 Å². The molecule has 0 unspecified atom stereocenters. The van der Waals surface area contributed by atoms with Gasteiger partial charge in [-0.25, -0.2) is 10.4 Å². The highest BCUT2D eigenvalue weighted by molar-refractivity contribution is 7.13. The molecule has 0 fully saturated rings. The van der Waals surface area contributed by atoms with Crippen LogP contribution in [0.5, 0.6) is 0 Å². The molecule has 1 amide bonds. The number of hydrogen-bond donors (Lipinski definition) is 2. The van der Waals surface area contributed by atoms with Crippen LogP contribution in [0.1, 0.15) is 22.4 Å². The Kier molecular flexibility index (Phi) is 7.45. The van der Waals surface area contributed by atoms with Gasteiger partial charge in [-0.15, -0.1) is 11.3 Å². The molecule has 2 aromatic heterocycles. The minimum atomic E-state index is -4.43. The fourth-order valence-electron chi connectivity index (χ4n) is 4.76. The molecule has 6 aromatic rings. The lowest BCUT2D eigenvalue weighted by Gasteiger charge is -2.08. The number of amides is 1. The Labute approximate surface area is 243 Å². The Morgan fingerprint density at radius 3 is 2.62 bits per heavy atom. The van der Waals surface area contributed by atoms with E-state index in [1.165, 1.54) is 39.8 Å². The zero-order valence-electron chi connectivity index (χ0n) is 22.1. The second-order valence-electron chi connectivity index (χ2n) is 9.73. The predicted molar refractivity (Wildman–Crippen MR) is 161 cm³/mol. The summed E-state index contributed by atoms with van der Waals surface area (Å²) < 4.78 is 41.1. The maximum absolute atomic E-state index is 13.0. The third-order valence-electron chi connectivity index (χ3n) is 6.71. The van der Waals surface area contributed by atoms with Crippen molar-refractivity contribution in [1.82, 2.24) is 15.0 Å². The van der Waals surface area contributed by atoms with Gasteiger partial charge in [-0.05, 0) is 46.7 Å². The van der Waals surface area contributed by atoms with Crippen LogP contribution in [0.25, 0.3) is 21.7 Å². The fourth-order valence-corrected chi connectivity index (χ4v) is 5.49. The van der Waals surface area contributed by atoms with Gasteiger partial charge in [0.05, 0.1) is 23.9 Å². The number of rotatable bonds is 8. The number of benzene rings is 4. The first-order valence-corrected chi connectivity index (χ1v) is 14.0. The van der Waals surface area contributed by atoms with E-state index in [4.69, 9.17) is 0 Å². The van der Waals surface area contributed by atoms with Crippen LogP contribution < -0.4 is 10.7 Å².